The predicted molar refractivity (Wildman–Crippen MR) is 50.4 cm³/mol. The van der Waals surface area contributed by atoms with Crippen molar-refractivity contribution < 1.29 is 14.0 Å². The molecule has 0 aromatic heterocycles. The van der Waals surface area contributed by atoms with E-state index in [2.05, 4.69) is 4.52 Å². The Bertz CT molecular complexity index is 325. The minimum absolute atomic E-state index is 0.0663. The van der Waals surface area contributed by atoms with Gasteiger partial charge in [-0.2, -0.15) is 0 Å². The van der Waals surface area contributed by atoms with E-state index in [0.717, 1.165) is 5.56 Å². The van der Waals surface area contributed by atoms with Gasteiger partial charge in [0.25, 0.3) is 5.69 Å². The third-order valence-corrected chi connectivity index (χ3v) is 1.97. The molecule has 0 fully saturated rings. The summed E-state index contributed by atoms with van der Waals surface area (Å²) in [5.74, 6) is 0. The minimum Gasteiger partial charge on any atom is -0.294 e. The summed E-state index contributed by atoms with van der Waals surface area (Å²) >= 11 is 0. The lowest BCUT2D eigenvalue weighted by Crippen LogP contribution is -1.93. The lowest BCUT2D eigenvalue weighted by Gasteiger charge is -1.97. The van der Waals surface area contributed by atoms with Gasteiger partial charge in [-0.25, -0.2) is 4.57 Å². The molecule has 0 unspecified atom stereocenters. The van der Waals surface area contributed by atoms with Crippen molar-refractivity contribution in [2.45, 2.75) is 6.42 Å². The number of nitrogens with zero attached hydrogens (tertiary/aromatic N) is 1. The standard InChI is InChI=1S/C8H8NO4P/c10-9(11)8-3-1-7(2-4-8)5-6-13-14-12/h1-4H,5-6H2. The molecule has 0 atom stereocenters. The lowest BCUT2D eigenvalue weighted by molar-refractivity contribution is -0.384. The second-order valence-corrected chi connectivity index (χ2v) is 2.99. The van der Waals surface area contributed by atoms with Crippen LogP contribution in [0.4, 0.5) is 5.69 Å². The van der Waals surface area contributed by atoms with E-state index < -0.39 is 4.92 Å². The molecule has 1 rings (SSSR count). The first-order valence-electron chi connectivity index (χ1n) is 3.92. The average molecular weight is 213 g/mol. The summed E-state index contributed by atoms with van der Waals surface area (Å²) in [4.78, 5) is 9.86. The van der Waals surface area contributed by atoms with Crippen molar-refractivity contribution in [1.29, 1.82) is 0 Å². The Hall–Kier alpha value is -1.32. The van der Waals surface area contributed by atoms with Crippen molar-refractivity contribution in [2.75, 3.05) is 6.61 Å². The quantitative estimate of drug-likeness (QED) is 0.326. The fourth-order valence-corrected chi connectivity index (χ4v) is 1.15. The second-order valence-electron chi connectivity index (χ2n) is 2.58. The van der Waals surface area contributed by atoms with E-state index >= 15 is 0 Å². The summed E-state index contributed by atoms with van der Waals surface area (Å²) in [7, 11) is -0.342. The van der Waals surface area contributed by atoms with E-state index in [1.54, 1.807) is 12.1 Å². The van der Waals surface area contributed by atoms with Gasteiger partial charge >= 0.3 is 8.69 Å². The molecule has 0 spiro atoms. The van der Waals surface area contributed by atoms with Gasteiger partial charge in [0, 0.05) is 12.1 Å². The highest BCUT2D eigenvalue weighted by Gasteiger charge is 2.03. The molecule has 14 heavy (non-hydrogen) atoms. The topological polar surface area (TPSA) is 69.4 Å². The van der Waals surface area contributed by atoms with Crippen LogP contribution in [0.15, 0.2) is 24.3 Å². The summed E-state index contributed by atoms with van der Waals surface area (Å²) in [5.41, 5.74) is 0.982. The SMILES string of the molecule is O=POCCc1ccc([N+](=O)[O-])cc1. The van der Waals surface area contributed by atoms with Crippen LogP contribution in [0.25, 0.3) is 0 Å². The monoisotopic (exact) mass is 213 g/mol. The molecule has 0 saturated heterocycles. The van der Waals surface area contributed by atoms with Gasteiger partial charge < -0.3 is 0 Å². The third-order valence-electron chi connectivity index (χ3n) is 1.68. The van der Waals surface area contributed by atoms with Gasteiger partial charge in [0.05, 0.1) is 11.5 Å². The maximum Gasteiger partial charge on any atom is 0.327 e. The molecule has 0 bridgehead atoms. The van der Waals surface area contributed by atoms with E-state index in [1.165, 1.54) is 12.1 Å². The Labute approximate surface area is 82.1 Å². The predicted octanol–water partition coefficient (Wildman–Crippen LogP) is 2.36. The van der Waals surface area contributed by atoms with E-state index in [1.807, 2.05) is 0 Å². The highest BCUT2D eigenvalue weighted by Crippen LogP contribution is 2.12. The highest BCUT2D eigenvalue weighted by molar-refractivity contribution is 7.17. The van der Waals surface area contributed by atoms with Crippen LogP contribution in [0, 0.1) is 10.1 Å². The van der Waals surface area contributed by atoms with Crippen molar-refractivity contribution in [2.24, 2.45) is 0 Å². The van der Waals surface area contributed by atoms with Crippen LogP contribution in [0.5, 0.6) is 0 Å². The van der Waals surface area contributed by atoms with Crippen molar-refractivity contribution in [1.82, 2.24) is 0 Å². The zero-order chi connectivity index (χ0) is 10.4. The van der Waals surface area contributed by atoms with Gasteiger partial charge in [-0.1, -0.05) is 12.1 Å². The number of hydrogen-bond acceptors (Lipinski definition) is 4. The maximum atomic E-state index is 10.3. The van der Waals surface area contributed by atoms with Crippen LogP contribution >= 0.6 is 8.69 Å². The Kier molecular flexibility index (Phi) is 4.16. The summed E-state index contributed by atoms with van der Waals surface area (Å²) in [6.45, 7) is 0.336. The van der Waals surface area contributed by atoms with Crippen LogP contribution < -0.4 is 0 Å². The molecular formula is C8H8NO4P. The van der Waals surface area contributed by atoms with E-state index in [0.29, 0.717) is 13.0 Å². The van der Waals surface area contributed by atoms with Gasteiger partial charge in [-0.05, 0) is 12.0 Å². The molecule has 0 N–H and O–H groups in total. The number of benzene rings is 1. The molecule has 0 aliphatic carbocycles. The van der Waals surface area contributed by atoms with Gasteiger partial charge in [-0.15, -0.1) is 0 Å². The number of non-ortho nitro benzene ring substituents is 1. The van der Waals surface area contributed by atoms with Crippen LogP contribution in [-0.4, -0.2) is 11.5 Å². The molecule has 1 aromatic rings. The molecule has 0 aliphatic rings. The Morgan fingerprint density at radius 2 is 2.00 bits per heavy atom. The molecule has 0 amide bonds. The fourth-order valence-electron chi connectivity index (χ4n) is 0.985. The van der Waals surface area contributed by atoms with Crippen LogP contribution in [0.1, 0.15) is 5.56 Å². The third kappa shape index (κ3) is 3.20. The van der Waals surface area contributed by atoms with Crippen molar-refractivity contribution >= 4 is 14.4 Å². The molecule has 0 radical (unpaired) electrons. The van der Waals surface area contributed by atoms with Gasteiger partial charge in [0.1, 0.15) is 0 Å². The lowest BCUT2D eigenvalue weighted by atomic mass is 10.1. The van der Waals surface area contributed by atoms with Crippen molar-refractivity contribution in [3.63, 3.8) is 0 Å². The molecule has 0 aliphatic heterocycles. The van der Waals surface area contributed by atoms with Crippen LogP contribution in [0.3, 0.4) is 0 Å². The molecule has 0 saturated carbocycles. The van der Waals surface area contributed by atoms with Gasteiger partial charge in [-0.3, -0.25) is 14.6 Å². The Morgan fingerprint density at radius 1 is 1.36 bits per heavy atom. The van der Waals surface area contributed by atoms with Gasteiger partial charge in [0.15, 0.2) is 0 Å². The second kappa shape index (κ2) is 5.42. The normalized spacial score (nSPS) is 10.3. The molecule has 0 heterocycles. The maximum absolute atomic E-state index is 10.3. The number of hydrogen-bond donors (Lipinski definition) is 0. The average Bonchev–Trinajstić information content (AvgIpc) is 2.19. The van der Waals surface area contributed by atoms with Crippen molar-refractivity contribution in [3.8, 4) is 0 Å². The van der Waals surface area contributed by atoms with E-state index in [-0.39, 0.29) is 14.4 Å². The van der Waals surface area contributed by atoms with E-state index in [9.17, 15) is 14.7 Å². The summed E-state index contributed by atoms with van der Waals surface area (Å²) < 4.78 is 14.5. The molecule has 1 aromatic carbocycles. The van der Waals surface area contributed by atoms with Crippen molar-refractivity contribution in [3.05, 3.63) is 39.9 Å². The smallest absolute Gasteiger partial charge is 0.294 e. The number of nitro benzene ring substituents is 1. The zero-order valence-corrected chi connectivity index (χ0v) is 8.15. The fraction of sp³-hybridized carbons (Fsp3) is 0.250. The Balaban J connectivity index is 2.55. The summed E-state index contributed by atoms with van der Waals surface area (Å²) in [6, 6.07) is 6.18. The molecule has 5 nitrogen and oxygen atoms in total. The first kappa shape index (κ1) is 10.8. The van der Waals surface area contributed by atoms with E-state index in [4.69, 9.17) is 0 Å². The van der Waals surface area contributed by atoms with Crippen LogP contribution in [-0.2, 0) is 15.5 Å². The first-order valence-corrected chi connectivity index (χ1v) is 4.65. The molecule has 74 valence electrons. The highest BCUT2D eigenvalue weighted by atomic mass is 31.1. The summed E-state index contributed by atoms with van der Waals surface area (Å²) in [5, 5.41) is 10.3. The number of nitro groups is 1. The minimum atomic E-state index is -0.448. The number of rotatable bonds is 5. The largest absolute Gasteiger partial charge is 0.327 e. The molecule has 6 heteroatoms. The molecular weight excluding hydrogens is 205 g/mol. The van der Waals surface area contributed by atoms with Crippen LogP contribution in [0.2, 0.25) is 0 Å². The van der Waals surface area contributed by atoms with Gasteiger partial charge in [0.2, 0.25) is 0 Å². The first-order chi connectivity index (χ1) is 6.74. The zero-order valence-electron chi connectivity index (χ0n) is 7.25. The Morgan fingerprint density at radius 3 is 2.50 bits per heavy atom. The summed E-state index contributed by atoms with van der Waals surface area (Å²) in [6.07, 6.45) is 0.591.